The topological polar surface area (TPSA) is 64.1 Å². The van der Waals surface area contributed by atoms with Gasteiger partial charge in [0.05, 0.1) is 0 Å². The standard InChI is InChI=1S/C7H11N3S/c8-6-2-1-5(4-10-9)3-7(6)11/h1-3,10-11H,4,8-9H2. The molecule has 1 rings (SSSR count). The second-order valence-corrected chi connectivity index (χ2v) is 2.76. The van der Waals surface area contributed by atoms with Crippen LogP contribution in [0.15, 0.2) is 23.1 Å². The number of hydrogen-bond donors (Lipinski definition) is 4. The quantitative estimate of drug-likeness (QED) is 0.226. The lowest BCUT2D eigenvalue weighted by Gasteiger charge is -2.02. The molecule has 0 radical (unpaired) electrons. The van der Waals surface area contributed by atoms with E-state index in [1.807, 2.05) is 18.2 Å². The first-order valence-corrected chi connectivity index (χ1v) is 3.69. The van der Waals surface area contributed by atoms with E-state index in [-0.39, 0.29) is 0 Å². The summed E-state index contributed by atoms with van der Waals surface area (Å²) < 4.78 is 0. The van der Waals surface area contributed by atoms with Gasteiger partial charge in [-0.1, -0.05) is 6.07 Å². The zero-order chi connectivity index (χ0) is 8.27. The summed E-state index contributed by atoms with van der Waals surface area (Å²) in [6.07, 6.45) is 0. The zero-order valence-corrected chi connectivity index (χ0v) is 6.94. The Morgan fingerprint density at radius 3 is 2.73 bits per heavy atom. The minimum absolute atomic E-state index is 0.633. The van der Waals surface area contributed by atoms with Gasteiger partial charge in [-0.3, -0.25) is 11.3 Å². The van der Waals surface area contributed by atoms with E-state index >= 15 is 0 Å². The molecule has 0 heterocycles. The third-order valence-corrected chi connectivity index (χ3v) is 1.79. The molecule has 0 aliphatic heterocycles. The number of nitrogens with one attached hydrogen (secondary N) is 1. The van der Waals surface area contributed by atoms with Crippen molar-refractivity contribution in [3.63, 3.8) is 0 Å². The molecule has 0 unspecified atom stereocenters. The number of nitrogen functional groups attached to an aromatic ring is 1. The molecule has 3 nitrogen and oxygen atoms in total. The highest BCUT2D eigenvalue weighted by Crippen LogP contribution is 2.17. The molecule has 0 saturated carbocycles. The summed E-state index contributed by atoms with van der Waals surface area (Å²) in [5, 5.41) is 0. The van der Waals surface area contributed by atoms with Crippen LogP contribution >= 0.6 is 12.6 Å². The number of hydrazine groups is 1. The highest BCUT2D eigenvalue weighted by atomic mass is 32.1. The third kappa shape index (κ3) is 2.11. The van der Waals surface area contributed by atoms with Crippen LogP contribution in [-0.4, -0.2) is 0 Å². The highest BCUT2D eigenvalue weighted by molar-refractivity contribution is 7.80. The Morgan fingerprint density at radius 1 is 1.45 bits per heavy atom. The van der Waals surface area contributed by atoms with Gasteiger partial charge in [0.1, 0.15) is 0 Å². The molecule has 60 valence electrons. The monoisotopic (exact) mass is 169 g/mol. The molecule has 0 aliphatic carbocycles. The van der Waals surface area contributed by atoms with Crippen molar-refractivity contribution in [2.75, 3.05) is 5.73 Å². The largest absolute Gasteiger partial charge is 0.398 e. The van der Waals surface area contributed by atoms with E-state index in [0.717, 1.165) is 10.5 Å². The van der Waals surface area contributed by atoms with Crippen molar-refractivity contribution in [3.05, 3.63) is 23.8 Å². The molecule has 4 heteroatoms. The normalized spacial score (nSPS) is 10.0. The minimum Gasteiger partial charge on any atom is -0.398 e. The maximum absolute atomic E-state index is 5.56. The van der Waals surface area contributed by atoms with E-state index in [1.54, 1.807) is 0 Å². The van der Waals surface area contributed by atoms with Gasteiger partial charge in [0.15, 0.2) is 0 Å². The summed E-state index contributed by atoms with van der Waals surface area (Å²) in [5.74, 6) is 5.14. The summed E-state index contributed by atoms with van der Waals surface area (Å²) in [7, 11) is 0. The average molecular weight is 169 g/mol. The van der Waals surface area contributed by atoms with Gasteiger partial charge in [-0.25, -0.2) is 0 Å². The zero-order valence-electron chi connectivity index (χ0n) is 6.04. The van der Waals surface area contributed by atoms with Gasteiger partial charge >= 0.3 is 0 Å². The van der Waals surface area contributed by atoms with Crippen LogP contribution in [0.2, 0.25) is 0 Å². The molecular formula is C7H11N3S. The SMILES string of the molecule is NNCc1ccc(N)c(S)c1. The summed E-state index contributed by atoms with van der Waals surface area (Å²) in [6, 6.07) is 5.61. The molecule has 0 aliphatic rings. The van der Waals surface area contributed by atoms with Crippen LogP contribution in [0.5, 0.6) is 0 Å². The van der Waals surface area contributed by atoms with Crippen molar-refractivity contribution >= 4 is 18.3 Å². The van der Waals surface area contributed by atoms with E-state index in [9.17, 15) is 0 Å². The fourth-order valence-corrected chi connectivity index (χ4v) is 1.06. The van der Waals surface area contributed by atoms with Gasteiger partial charge in [-0.05, 0) is 17.7 Å². The van der Waals surface area contributed by atoms with Gasteiger partial charge in [0, 0.05) is 17.1 Å². The van der Waals surface area contributed by atoms with Gasteiger partial charge in [0.2, 0.25) is 0 Å². The summed E-state index contributed by atoms with van der Waals surface area (Å²) in [5.41, 5.74) is 9.88. The van der Waals surface area contributed by atoms with Crippen LogP contribution in [0.25, 0.3) is 0 Å². The fourth-order valence-electron chi connectivity index (χ4n) is 0.817. The van der Waals surface area contributed by atoms with Gasteiger partial charge in [-0.2, -0.15) is 0 Å². The Balaban J connectivity index is 2.86. The van der Waals surface area contributed by atoms with Crippen LogP contribution in [-0.2, 0) is 6.54 Å². The first kappa shape index (κ1) is 8.39. The average Bonchev–Trinajstić information content (AvgIpc) is 1.98. The summed E-state index contributed by atoms with van der Waals surface area (Å²) in [6.45, 7) is 0.633. The second-order valence-electron chi connectivity index (χ2n) is 2.27. The van der Waals surface area contributed by atoms with Crippen molar-refractivity contribution in [2.24, 2.45) is 5.84 Å². The molecule has 0 atom stereocenters. The lowest BCUT2D eigenvalue weighted by atomic mass is 10.2. The third-order valence-electron chi connectivity index (χ3n) is 1.40. The number of hydrogen-bond acceptors (Lipinski definition) is 4. The van der Waals surface area contributed by atoms with E-state index in [2.05, 4.69) is 18.1 Å². The molecular weight excluding hydrogens is 158 g/mol. The number of anilines is 1. The maximum Gasteiger partial charge on any atom is 0.0449 e. The van der Waals surface area contributed by atoms with Crippen LogP contribution in [0.4, 0.5) is 5.69 Å². The lowest BCUT2D eigenvalue weighted by molar-refractivity contribution is 0.740. The summed E-state index contributed by atoms with van der Waals surface area (Å²) in [4.78, 5) is 0.790. The maximum atomic E-state index is 5.56. The molecule has 11 heavy (non-hydrogen) atoms. The number of rotatable bonds is 2. The van der Waals surface area contributed by atoms with Crippen LogP contribution < -0.4 is 17.0 Å². The molecule has 1 aromatic carbocycles. The smallest absolute Gasteiger partial charge is 0.0449 e. The van der Waals surface area contributed by atoms with Crippen molar-refractivity contribution < 1.29 is 0 Å². The Hall–Kier alpha value is -0.710. The lowest BCUT2D eigenvalue weighted by Crippen LogP contribution is -2.20. The van der Waals surface area contributed by atoms with Crippen molar-refractivity contribution in [2.45, 2.75) is 11.4 Å². The predicted molar refractivity (Wildman–Crippen MR) is 49.1 cm³/mol. The first-order chi connectivity index (χ1) is 5.24. The molecule has 0 amide bonds. The molecule has 0 fully saturated rings. The Morgan fingerprint density at radius 2 is 2.18 bits per heavy atom. The van der Waals surface area contributed by atoms with Crippen LogP contribution in [0.1, 0.15) is 5.56 Å². The van der Waals surface area contributed by atoms with Crippen molar-refractivity contribution in [1.29, 1.82) is 0 Å². The van der Waals surface area contributed by atoms with E-state index in [0.29, 0.717) is 12.2 Å². The number of benzene rings is 1. The number of nitrogens with two attached hydrogens (primary N) is 2. The van der Waals surface area contributed by atoms with Crippen LogP contribution in [0, 0.1) is 0 Å². The highest BCUT2D eigenvalue weighted by Gasteiger charge is 1.95. The second kappa shape index (κ2) is 3.61. The van der Waals surface area contributed by atoms with Crippen molar-refractivity contribution in [3.8, 4) is 0 Å². The van der Waals surface area contributed by atoms with E-state index in [4.69, 9.17) is 11.6 Å². The predicted octanol–water partition coefficient (Wildman–Crippen LogP) is 0.521. The molecule has 0 spiro atoms. The van der Waals surface area contributed by atoms with E-state index in [1.165, 1.54) is 0 Å². The van der Waals surface area contributed by atoms with E-state index < -0.39 is 0 Å². The Labute approximate surface area is 71.2 Å². The molecule has 5 N–H and O–H groups in total. The Kier molecular flexibility index (Phi) is 2.76. The van der Waals surface area contributed by atoms with Gasteiger partial charge < -0.3 is 5.73 Å². The molecule has 1 aromatic rings. The van der Waals surface area contributed by atoms with Gasteiger partial charge in [0.25, 0.3) is 0 Å². The van der Waals surface area contributed by atoms with Gasteiger partial charge in [-0.15, -0.1) is 12.6 Å². The van der Waals surface area contributed by atoms with Crippen molar-refractivity contribution in [1.82, 2.24) is 5.43 Å². The summed E-state index contributed by atoms with van der Waals surface area (Å²) >= 11 is 4.17. The molecule has 0 saturated heterocycles. The minimum atomic E-state index is 0.633. The number of thiol groups is 1. The molecule has 0 aromatic heterocycles. The van der Waals surface area contributed by atoms with Crippen LogP contribution in [0.3, 0.4) is 0 Å². The molecule has 0 bridgehead atoms. The fraction of sp³-hybridized carbons (Fsp3) is 0.143. The first-order valence-electron chi connectivity index (χ1n) is 3.25. The Bertz CT molecular complexity index is 249.